The van der Waals surface area contributed by atoms with E-state index in [1.165, 1.54) is 12.1 Å². The third kappa shape index (κ3) is 2.52. The Morgan fingerprint density at radius 3 is 2.12 bits per heavy atom. The number of carbonyl (C=O) groups is 2. The average molecular weight is 351 g/mol. The number of carbonyl (C=O) groups excluding carboxylic acids is 2. The molecule has 2 aliphatic heterocycles. The van der Waals surface area contributed by atoms with Crippen LogP contribution in [0.2, 0.25) is 0 Å². The normalized spacial score (nSPS) is 16.8. The van der Waals surface area contributed by atoms with Crippen LogP contribution in [0.3, 0.4) is 0 Å². The number of fused-ring (bicyclic) bond motifs is 1. The highest BCUT2D eigenvalue weighted by molar-refractivity contribution is 6.35. The van der Waals surface area contributed by atoms with Gasteiger partial charge >= 0.3 is 0 Å². The van der Waals surface area contributed by atoms with Crippen LogP contribution in [0.15, 0.2) is 42.5 Å². The maximum absolute atomic E-state index is 12.8. The summed E-state index contributed by atoms with van der Waals surface area (Å²) < 4.78 is 0. The Bertz CT molecular complexity index is 905. The van der Waals surface area contributed by atoms with Crippen LogP contribution in [0.5, 0.6) is 0 Å². The molecule has 0 radical (unpaired) electrons. The van der Waals surface area contributed by atoms with Gasteiger partial charge in [0.25, 0.3) is 17.5 Å². The van der Waals surface area contributed by atoms with E-state index in [1.807, 2.05) is 4.90 Å². The summed E-state index contributed by atoms with van der Waals surface area (Å²) in [4.78, 5) is 39.7. The Labute approximate surface area is 150 Å². The molecule has 26 heavy (non-hydrogen) atoms. The first-order valence-corrected chi connectivity index (χ1v) is 8.59. The monoisotopic (exact) mass is 351 g/mol. The molecule has 2 aromatic carbocycles. The number of rotatable bonds is 3. The predicted octanol–water partition coefficient (Wildman–Crippen LogP) is 3.39. The highest BCUT2D eigenvalue weighted by atomic mass is 16.6. The van der Waals surface area contributed by atoms with Crippen molar-refractivity contribution in [3.63, 3.8) is 0 Å². The second kappa shape index (κ2) is 6.25. The van der Waals surface area contributed by atoms with Crippen LogP contribution in [-0.4, -0.2) is 29.8 Å². The van der Waals surface area contributed by atoms with Crippen molar-refractivity contribution in [1.29, 1.82) is 0 Å². The van der Waals surface area contributed by atoms with Gasteiger partial charge in [0.2, 0.25) is 0 Å². The van der Waals surface area contributed by atoms with Gasteiger partial charge in [0.05, 0.1) is 21.7 Å². The number of para-hydroxylation sites is 1. The molecule has 0 unspecified atom stereocenters. The molecule has 2 aliphatic rings. The van der Waals surface area contributed by atoms with Gasteiger partial charge in [-0.1, -0.05) is 18.2 Å². The van der Waals surface area contributed by atoms with E-state index in [4.69, 9.17) is 0 Å². The molecule has 0 saturated carbocycles. The summed E-state index contributed by atoms with van der Waals surface area (Å²) in [5.74, 6) is -0.964. The van der Waals surface area contributed by atoms with Crippen LogP contribution in [0.4, 0.5) is 17.1 Å². The third-order valence-corrected chi connectivity index (χ3v) is 4.89. The lowest BCUT2D eigenvalue weighted by molar-refractivity contribution is -0.384. The number of nitro benzene ring substituents is 1. The number of anilines is 2. The fraction of sp³-hybridized carbons (Fsp3) is 0.263. The minimum Gasteiger partial charge on any atom is -0.366 e. The van der Waals surface area contributed by atoms with Gasteiger partial charge in [-0.2, -0.15) is 0 Å². The molecule has 1 fully saturated rings. The van der Waals surface area contributed by atoms with Crippen LogP contribution < -0.4 is 9.80 Å². The first kappa shape index (κ1) is 16.3. The molecule has 2 heterocycles. The first-order chi connectivity index (χ1) is 12.6. The maximum atomic E-state index is 12.8. The smallest absolute Gasteiger partial charge is 0.293 e. The Morgan fingerprint density at radius 2 is 1.50 bits per heavy atom. The lowest BCUT2D eigenvalue weighted by Gasteiger charge is -2.28. The van der Waals surface area contributed by atoms with Crippen LogP contribution in [0, 0.1) is 10.1 Å². The van der Waals surface area contributed by atoms with Gasteiger partial charge in [0, 0.05) is 19.2 Å². The van der Waals surface area contributed by atoms with Crippen molar-refractivity contribution in [2.24, 2.45) is 0 Å². The summed E-state index contributed by atoms with van der Waals surface area (Å²) in [6, 6.07) is 11.4. The van der Waals surface area contributed by atoms with Crippen molar-refractivity contribution in [3.05, 3.63) is 63.7 Å². The number of imide groups is 1. The summed E-state index contributed by atoms with van der Waals surface area (Å²) in [5, 5.41) is 11.6. The highest BCUT2D eigenvalue weighted by Crippen LogP contribution is 2.38. The lowest BCUT2D eigenvalue weighted by atomic mass is 10.0. The highest BCUT2D eigenvalue weighted by Gasteiger charge is 2.39. The van der Waals surface area contributed by atoms with Crippen LogP contribution in [0.1, 0.15) is 40.0 Å². The zero-order chi connectivity index (χ0) is 18.3. The number of amides is 2. The van der Waals surface area contributed by atoms with Gasteiger partial charge in [-0.15, -0.1) is 0 Å². The van der Waals surface area contributed by atoms with E-state index >= 15 is 0 Å². The van der Waals surface area contributed by atoms with Crippen molar-refractivity contribution in [2.45, 2.75) is 19.3 Å². The fourth-order valence-electron chi connectivity index (χ4n) is 3.61. The Kier molecular flexibility index (Phi) is 3.91. The number of nitrogens with zero attached hydrogens (tertiary/aromatic N) is 3. The van der Waals surface area contributed by atoms with Gasteiger partial charge < -0.3 is 4.90 Å². The number of benzene rings is 2. The molecular weight excluding hydrogens is 334 g/mol. The molecule has 1 saturated heterocycles. The molecule has 7 heteroatoms. The summed E-state index contributed by atoms with van der Waals surface area (Å²) in [6.07, 6.45) is 3.00. The molecule has 2 amide bonds. The molecule has 0 aromatic heterocycles. The van der Waals surface area contributed by atoms with E-state index in [2.05, 4.69) is 0 Å². The van der Waals surface area contributed by atoms with E-state index in [9.17, 15) is 19.7 Å². The molecular formula is C19H17N3O4. The van der Waals surface area contributed by atoms with E-state index in [0.717, 1.165) is 24.2 Å². The lowest BCUT2D eigenvalue weighted by Crippen LogP contribution is -2.30. The Morgan fingerprint density at radius 1 is 0.885 bits per heavy atom. The summed E-state index contributed by atoms with van der Waals surface area (Å²) in [6.45, 7) is 1.42. The Hall–Kier alpha value is -3.22. The zero-order valence-electron chi connectivity index (χ0n) is 14.1. The van der Waals surface area contributed by atoms with Crippen molar-refractivity contribution >= 4 is 28.9 Å². The zero-order valence-corrected chi connectivity index (χ0v) is 14.1. The van der Waals surface area contributed by atoms with E-state index in [1.54, 1.807) is 30.3 Å². The minimum atomic E-state index is -0.524. The van der Waals surface area contributed by atoms with Crippen LogP contribution in [-0.2, 0) is 0 Å². The van der Waals surface area contributed by atoms with E-state index in [-0.39, 0.29) is 16.8 Å². The molecule has 2 aromatic rings. The van der Waals surface area contributed by atoms with Gasteiger partial charge in [-0.25, -0.2) is 4.90 Å². The van der Waals surface area contributed by atoms with Crippen molar-refractivity contribution in [2.75, 3.05) is 22.9 Å². The summed E-state index contributed by atoms with van der Waals surface area (Å²) in [5.41, 5.74) is 1.07. The topological polar surface area (TPSA) is 83.8 Å². The molecule has 0 bridgehead atoms. The second-order valence-corrected chi connectivity index (χ2v) is 6.47. The third-order valence-electron chi connectivity index (χ3n) is 4.89. The van der Waals surface area contributed by atoms with Gasteiger partial charge in [-0.05, 0) is 37.5 Å². The van der Waals surface area contributed by atoms with Gasteiger partial charge in [0.1, 0.15) is 5.69 Å². The fourth-order valence-corrected chi connectivity index (χ4v) is 3.61. The van der Waals surface area contributed by atoms with Gasteiger partial charge in [0.15, 0.2) is 0 Å². The van der Waals surface area contributed by atoms with Crippen molar-refractivity contribution < 1.29 is 14.5 Å². The van der Waals surface area contributed by atoms with Crippen molar-refractivity contribution in [1.82, 2.24) is 0 Å². The summed E-state index contributed by atoms with van der Waals surface area (Å²) >= 11 is 0. The second-order valence-electron chi connectivity index (χ2n) is 6.47. The quantitative estimate of drug-likeness (QED) is 0.481. The molecule has 7 nitrogen and oxygen atoms in total. The van der Waals surface area contributed by atoms with Crippen LogP contribution >= 0.6 is 0 Å². The minimum absolute atomic E-state index is 0.0892. The van der Waals surface area contributed by atoms with E-state index in [0.29, 0.717) is 24.5 Å². The largest absolute Gasteiger partial charge is 0.366 e. The predicted molar refractivity (Wildman–Crippen MR) is 96.7 cm³/mol. The average Bonchev–Trinajstić information content (AvgIpc) is 2.92. The number of piperidine rings is 1. The standard InChI is InChI=1S/C19H17N3O4/c23-18-14-11-16(20-9-5-2-6-10-20)17(22(25)26)12-15(14)19(24)21(18)13-7-3-1-4-8-13/h1,3-4,7-8,11-12H,2,5-6,9-10H2. The van der Waals surface area contributed by atoms with E-state index < -0.39 is 16.7 Å². The SMILES string of the molecule is O=C1c2cc(N3CCCCC3)c([N+](=O)[O-])cc2C(=O)N1c1ccccc1. The van der Waals surface area contributed by atoms with Crippen molar-refractivity contribution in [3.8, 4) is 0 Å². The number of hydrogen-bond acceptors (Lipinski definition) is 5. The van der Waals surface area contributed by atoms with Crippen LogP contribution in [0.25, 0.3) is 0 Å². The molecule has 4 rings (SSSR count). The molecule has 0 aliphatic carbocycles. The first-order valence-electron chi connectivity index (χ1n) is 8.59. The molecule has 0 spiro atoms. The Balaban J connectivity index is 1.82. The molecule has 0 N–H and O–H groups in total. The molecule has 132 valence electrons. The number of nitro groups is 1. The number of hydrogen-bond donors (Lipinski definition) is 0. The summed E-state index contributed by atoms with van der Waals surface area (Å²) in [7, 11) is 0. The van der Waals surface area contributed by atoms with Gasteiger partial charge in [-0.3, -0.25) is 19.7 Å². The maximum Gasteiger partial charge on any atom is 0.293 e. The molecule has 0 atom stereocenters.